The summed E-state index contributed by atoms with van der Waals surface area (Å²) in [5.41, 5.74) is 2.15. The van der Waals surface area contributed by atoms with E-state index < -0.39 is 7.12 Å². The molecule has 1 fully saturated rings. The van der Waals surface area contributed by atoms with E-state index in [9.17, 15) is 0 Å². The van der Waals surface area contributed by atoms with Crippen LogP contribution in [0.25, 0.3) is 0 Å². The van der Waals surface area contributed by atoms with E-state index in [1.54, 1.807) is 10.8 Å². The van der Waals surface area contributed by atoms with E-state index in [1.807, 2.05) is 24.4 Å². The summed E-state index contributed by atoms with van der Waals surface area (Å²) in [6.07, 6.45) is 3.61. The minimum Gasteiger partial charge on any atom is -0.519 e. The zero-order valence-corrected chi connectivity index (χ0v) is 13.2. The Morgan fingerprint density at radius 2 is 1.83 bits per heavy atom. The Morgan fingerprint density at radius 3 is 2.58 bits per heavy atom. The maximum atomic E-state index is 8.78. The molecule has 0 N–H and O–H groups in total. The average Bonchev–Trinajstić information content (AvgIpc) is 3.06. The van der Waals surface area contributed by atoms with Crippen LogP contribution in [0.1, 0.15) is 0 Å². The number of hydrogen-bond donors (Lipinski definition) is 0. The van der Waals surface area contributed by atoms with E-state index in [2.05, 4.69) is 23.1 Å². The van der Waals surface area contributed by atoms with Gasteiger partial charge in [-0.15, -0.1) is 0 Å². The van der Waals surface area contributed by atoms with Gasteiger partial charge in [-0.3, -0.25) is 0 Å². The van der Waals surface area contributed by atoms with Crippen LogP contribution in [0.3, 0.4) is 0 Å². The summed E-state index contributed by atoms with van der Waals surface area (Å²) in [7, 11) is -0.448. The minimum atomic E-state index is -0.448. The first kappa shape index (κ1) is 14.9. The highest BCUT2D eigenvalue weighted by Crippen LogP contribution is 2.31. The van der Waals surface area contributed by atoms with E-state index >= 15 is 0 Å². The molecule has 6 nitrogen and oxygen atoms in total. The molecule has 0 amide bonds. The number of nitrogens with zero attached hydrogens (tertiary/aromatic N) is 3. The van der Waals surface area contributed by atoms with E-state index in [0.717, 1.165) is 31.8 Å². The Bertz CT molecular complexity index is 770. The van der Waals surface area contributed by atoms with E-state index in [1.165, 1.54) is 5.69 Å². The lowest BCUT2D eigenvalue weighted by Crippen LogP contribution is -2.40. The number of ether oxygens (including phenoxy) is 1. The molecule has 0 spiro atoms. The smallest absolute Gasteiger partial charge is 0.519 e. The van der Waals surface area contributed by atoms with Crippen molar-refractivity contribution in [3.63, 3.8) is 0 Å². The van der Waals surface area contributed by atoms with Crippen LogP contribution in [0.5, 0.6) is 11.5 Å². The van der Waals surface area contributed by atoms with Crippen LogP contribution in [0.4, 0.5) is 5.69 Å². The molecule has 24 heavy (non-hydrogen) atoms. The van der Waals surface area contributed by atoms with Crippen LogP contribution < -0.4 is 24.2 Å². The highest BCUT2D eigenvalue weighted by atomic mass is 16.6. The minimum absolute atomic E-state index is 0.287. The SMILES string of the molecule is N#CC[n+]1ccc2c(c1)OB(c1ccc(N3CCOCC3)cc1)O2. The maximum absolute atomic E-state index is 8.78. The molecule has 2 aromatic rings. The van der Waals surface area contributed by atoms with Gasteiger partial charge in [-0.1, -0.05) is 12.1 Å². The summed E-state index contributed by atoms with van der Waals surface area (Å²) in [5, 5.41) is 8.78. The van der Waals surface area contributed by atoms with Crippen LogP contribution in [0.2, 0.25) is 0 Å². The second kappa shape index (κ2) is 6.42. The molecule has 0 unspecified atom stereocenters. The van der Waals surface area contributed by atoms with E-state index in [4.69, 9.17) is 19.3 Å². The molecule has 0 radical (unpaired) electrons. The largest absolute Gasteiger partial charge is 0.632 e. The van der Waals surface area contributed by atoms with Gasteiger partial charge in [-0.05, 0) is 12.1 Å². The van der Waals surface area contributed by atoms with Crippen molar-refractivity contribution in [1.82, 2.24) is 0 Å². The third kappa shape index (κ3) is 2.88. The first-order valence-electron chi connectivity index (χ1n) is 7.99. The number of anilines is 1. The van der Waals surface area contributed by atoms with Crippen molar-refractivity contribution in [3.05, 3.63) is 42.7 Å². The second-order valence-electron chi connectivity index (χ2n) is 5.76. The van der Waals surface area contributed by atoms with Crippen LogP contribution >= 0.6 is 0 Å². The molecule has 1 aromatic heterocycles. The van der Waals surface area contributed by atoms with Crippen LogP contribution in [-0.2, 0) is 11.3 Å². The standard InChI is InChI=1S/C17H17BN3O3/c19-6-8-20-7-5-16-17(13-20)24-18(23-16)14-1-3-15(4-2-14)21-9-11-22-12-10-21/h1-5,7,13H,8-12H2/q+1. The summed E-state index contributed by atoms with van der Waals surface area (Å²) in [5.74, 6) is 1.36. The molecule has 2 aliphatic heterocycles. The van der Waals surface area contributed by atoms with Crippen LogP contribution in [0, 0.1) is 11.3 Å². The Hall–Kier alpha value is -2.72. The number of fused-ring (bicyclic) bond motifs is 1. The summed E-state index contributed by atoms with van der Waals surface area (Å²) in [4.78, 5) is 2.31. The zero-order chi connectivity index (χ0) is 16.4. The number of nitriles is 1. The van der Waals surface area contributed by atoms with Gasteiger partial charge in [-0.25, -0.2) is 0 Å². The molecular weight excluding hydrogens is 305 g/mol. The molecule has 2 aliphatic rings. The molecule has 3 heterocycles. The summed E-state index contributed by atoms with van der Waals surface area (Å²) in [6.45, 7) is 3.67. The first-order valence-corrected chi connectivity index (χ1v) is 7.99. The number of morpholine rings is 1. The molecule has 0 saturated carbocycles. The number of benzene rings is 1. The molecule has 0 bridgehead atoms. The fourth-order valence-corrected chi connectivity index (χ4v) is 2.92. The molecule has 1 saturated heterocycles. The average molecular weight is 322 g/mol. The van der Waals surface area contributed by atoms with Crippen molar-refractivity contribution in [1.29, 1.82) is 5.26 Å². The molecule has 120 valence electrons. The fraction of sp³-hybridized carbons (Fsp3) is 0.294. The number of rotatable bonds is 3. The topological polar surface area (TPSA) is 58.6 Å². The van der Waals surface area contributed by atoms with Gasteiger partial charge < -0.3 is 18.9 Å². The summed E-state index contributed by atoms with van der Waals surface area (Å²) >= 11 is 0. The molecule has 0 atom stereocenters. The van der Waals surface area contributed by atoms with Crippen molar-refractivity contribution in [2.45, 2.75) is 6.54 Å². The fourth-order valence-electron chi connectivity index (χ4n) is 2.92. The monoisotopic (exact) mass is 322 g/mol. The lowest BCUT2D eigenvalue weighted by molar-refractivity contribution is -0.685. The Labute approximate surface area is 140 Å². The highest BCUT2D eigenvalue weighted by molar-refractivity contribution is 6.63. The molecular formula is C17H17BN3O3+. The van der Waals surface area contributed by atoms with Crippen molar-refractivity contribution in [3.8, 4) is 17.6 Å². The van der Waals surface area contributed by atoms with Crippen LogP contribution in [0.15, 0.2) is 42.7 Å². The first-order chi connectivity index (χ1) is 11.8. The number of hydrogen-bond acceptors (Lipinski definition) is 5. The van der Waals surface area contributed by atoms with Gasteiger partial charge in [0.2, 0.25) is 18.5 Å². The summed E-state index contributed by atoms with van der Waals surface area (Å²) < 4.78 is 18.9. The molecule has 1 aromatic carbocycles. The maximum Gasteiger partial charge on any atom is 0.632 e. The normalized spacial score (nSPS) is 16.1. The van der Waals surface area contributed by atoms with Gasteiger partial charge in [0.15, 0.2) is 11.9 Å². The number of pyridine rings is 1. The van der Waals surface area contributed by atoms with Gasteiger partial charge in [0.05, 0.1) is 13.2 Å². The highest BCUT2D eigenvalue weighted by Gasteiger charge is 2.35. The number of aromatic nitrogens is 1. The van der Waals surface area contributed by atoms with Crippen molar-refractivity contribution < 1.29 is 18.6 Å². The van der Waals surface area contributed by atoms with Gasteiger partial charge in [-0.2, -0.15) is 9.83 Å². The Balaban J connectivity index is 1.48. The third-order valence-electron chi connectivity index (χ3n) is 4.21. The predicted octanol–water partition coefficient (Wildman–Crippen LogP) is 0.501. The Morgan fingerprint density at radius 1 is 1.08 bits per heavy atom. The zero-order valence-electron chi connectivity index (χ0n) is 13.2. The van der Waals surface area contributed by atoms with Crippen molar-refractivity contribution in [2.75, 3.05) is 31.2 Å². The third-order valence-corrected chi connectivity index (χ3v) is 4.21. The van der Waals surface area contributed by atoms with Gasteiger partial charge in [0.25, 0.3) is 0 Å². The predicted molar refractivity (Wildman–Crippen MR) is 88.4 cm³/mol. The van der Waals surface area contributed by atoms with Crippen molar-refractivity contribution in [2.24, 2.45) is 0 Å². The van der Waals surface area contributed by atoms with Gasteiger partial charge in [0, 0.05) is 30.3 Å². The molecule has 0 aliphatic carbocycles. The van der Waals surface area contributed by atoms with Crippen LogP contribution in [-0.4, -0.2) is 33.4 Å². The van der Waals surface area contributed by atoms with E-state index in [-0.39, 0.29) is 6.54 Å². The lowest BCUT2D eigenvalue weighted by atomic mass is 9.79. The van der Waals surface area contributed by atoms with Gasteiger partial charge in [0.1, 0.15) is 6.07 Å². The molecule has 4 rings (SSSR count). The molecule has 7 heteroatoms. The Kier molecular flexibility index (Phi) is 3.97. The van der Waals surface area contributed by atoms with Crippen molar-refractivity contribution >= 4 is 18.3 Å². The van der Waals surface area contributed by atoms with E-state index in [0.29, 0.717) is 11.5 Å². The van der Waals surface area contributed by atoms with Gasteiger partial charge >= 0.3 is 7.12 Å². The summed E-state index contributed by atoms with van der Waals surface area (Å²) in [6, 6.07) is 12.2. The quantitative estimate of drug-likeness (QED) is 0.608. The second-order valence-corrected chi connectivity index (χ2v) is 5.76. The lowest BCUT2D eigenvalue weighted by Gasteiger charge is -2.28.